The zero-order valence-corrected chi connectivity index (χ0v) is 17.3. The molecule has 0 saturated carbocycles. The number of anilines is 1. The highest BCUT2D eigenvalue weighted by atomic mass is 16.5. The van der Waals surface area contributed by atoms with Crippen LogP contribution in [0.2, 0.25) is 0 Å². The van der Waals surface area contributed by atoms with Gasteiger partial charge in [-0.3, -0.25) is 4.79 Å². The van der Waals surface area contributed by atoms with Gasteiger partial charge in [-0.1, -0.05) is 30.3 Å². The minimum Gasteiger partial charge on any atom is -0.378 e. The van der Waals surface area contributed by atoms with E-state index in [0.717, 1.165) is 38.2 Å². The lowest BCUT2D eigenvalue weighted by Crippen LogP contribution is -2.50. The van der Waals surface area contributed by atoms with Crippen molar-refractivity contribution in [3.8, 4) is 0 Å². The van der Waals surface area contributed by atoms with Gasteiger partial charge in [-0.15, -0.1) is 0 Å². The maximum absolute atomic E-state index is 12.9. The predicted molar refractivity (Wildman–Crippen MR) is 114 cm³/mol. The Morgan fingerprint density at radius 3 is 2.57 bits per heavy atom. The van der Waals surface area contributed by atoms with Gasteiger partial charge in [-0.25, -0.2) is 4.98 Å². The summed E-state index contributed by atoms with van der Waals surface area (Å²) in [7, 11) is 0. The quantitative estimate of drug-likeness (QED) is 0.783. The van der Waals surface area contributed by atoms with Gasteiger partial charge in [0.15, 0.2) is 0 Å². The van der Waals surface area contributed by atoms with Crippen molar-refractivity contribution >= 4 is 11.7 Å². The van der Waals surface area contributed by atoms with Crippen molar-refractivity contribution in [3.63, 3.8) is 0 Å². The molecule has 6 heteroatoms. The molecule has 2 aromatic rings. The first-order valence-electron chi connectivity index (χ1n) is 11.0. The van der Waals surface area contributed by atoms with Gasteiger partial charge in [0.1, 0.15) is 5.82 Å². The Morgan fingerprint density at radius 2 is 1.80 bits per heavy atom. The Balaban J connectivity index is 1.33. The molecule has 3 aliphatic rings. The van der Waals surface area contributed by atoms with E-state index in [1.54, 1.807) is 0 Å². The van der Waals surface area contributed by atoms with Crippen LogP contribution in [0.15, 0.2) is 48.7 Å². The van der Waals surface area contributed by atoms with E-state index in [-0.39, 0.29) is 17.6 Å². The summed E-state index contributed by atoms with van der Waals surface area (Å²) in [4.78, 5) is 21.6. The van der Waals surface area contributed by atoms with Crippen LogP contribution in [-0.2, 0) is 26.3 Å². The van der Waals surface area contributed by atoms with Gasteiger partial charge in [0.25, 0.3) is 0 Å². The van der Waals surface area contributed by atoms with Crippen LogP contribution in [0.5, 0.6) is 0 Å². The highest BCUT2D eigenvalue weighted by Gasteiger charge is 2.44. The molecule has 0 N–H and O–H groups in total. The number of benzene rings is 1. The maximum Gasteiger partial charge on any atom is 0.225 e. The molecule has 158 valence electrons. The second kappa shape index (κ2) is 8.36. The van der Waals surface area contributed by atoms with Gasteiger partial charge in [0, 0.05) is 32.4 Å². The van der Waals surface area contributed by atoms with Gasteiger partial charge in [0.2, 0.25) is 5.91 Å². The van der Waals surface area contributed by atoms with E-state index in [0.29, 0.717) is 32.7 Å². The van der Waals surface area contributed by atoms with Crippen LogP contribution < -0.4 is 4.90 Å². The number of hydrogen-bond donors (Lipinski definition) is 0. The maximum atomic E-state index is 12.9. The molecule has 2 saturated heterocycles. The molecule has 1 unspecified atom stereocenters. The van der Waals surface area contributed by atoms with E-state index in [1.165, 1.54) is 11.1 Å². The summed E-state index contributed by atoms with van der Waals surface area (Å²) >= 11 is 0. The fraction of sp³-hybridized carbons (Fsp3) is 0.500. The summed E-state index contributed by atoms with van der Waals surface area (Å²) in [5, 5.41) is 0. The van der Waals surface area contributed by atoms with E-state index in [2.05, 4.69) is 40.2 Å². The van der Waals surface area contributed by atoms with E-state index in [4.69, 9.17) is 9.47 Å². The Morgan fingerprint density at radius 1 is 1.03 bits per heavy atom. The predicted octanol–water partition coefficient (Wildman–Crippen LogP) is 2.77. The number of hydrogen-bond acceptors (Lipinski definition) is 5. The number of amides is 1. The van der Waals surface area contributed by atoms with Gasteiger partial charge in [-0.2, -0.15) is 0 Å². The molecule has 1 atom stereocenters. The smallest absolute Gasteiger partial charge is 0.225 e. The van der Waals surface area contributed by atoms with Crippen molar-refractivity contribution in [1.29, 1.82) is 0 Å². The fourth-order valence-corrected chi connectivity index (χ4v) is 5.09. The van der Waals surface area contributed by atoms with Crippen LogP contribution >= 0.6 is 0 Å². The number of pyridine rings is 1. The fourth-order valence-electron chi connectivity index (χ4n) is 5.09. The van der Waals surface area contributed by atoms with E-state index >= 15 is 0 Å². The number of nitrogens with zero attached hydrogens (tertiary/aromatic N) is 3. The molecule has 3 aliphatic heterocycles. The highest BCUT2D eigenvalue weighted by Crippen LogP contribution is 2.44. The standard InChI is InChI=1S/C24H29N3O3/c28-23(27-13-15-29-16-14-27)18-20-17-19-5-1-2-6-21(19)24(30-20)8-11-26(12-9-24)22-7-3-4-10-25-22/h1-7,10,20H,8-9,11-18H2. The molecule has 0 bridgehead atoms. The van der Waals surface area contributed by atoms with Gasteiger partial charge < -0.3 is 19.3 Å². The van der Waals surface area contributed by atoms with Crippen molar-refractivity contribution in [2.45, 2.75) is 37.4 Å². The summed E-state index contributed by atoms with van der Waals surface area (Å²) in [6.07, 6.45) is 4.83. The molecule has 6 nitrogen and oxygen atoms in total. The van der Waals surface area contributed by atoms with Gasteiger partial charge in [-0.05, 0) is 42.5 Å². The first-order valence-corrected chi connectivity index (χ1v) is 11.0. The zero-order valence-electron chi connectivity index (χ0n) is 17.3. The number of carbonyl (C=O) groups is 1. The topological polar surface area (TPSA) is 54.9 Å². The Labute approximate surface area is 177 Å². The average Bonchev–Trinajstić information content (AvgIpc) is 2.81. The zero-order chi connectivity index (χ0) is 20.4. The van der Waals surface area contributed by atoms with Gasteiger partial charge in [0.05, 0.1) is 31.3 Å². The van der Waals surface area contributed by atoms with Crippen LogP contribution in [0, 0.1) is 0 Å². The Kier molecular flexibility index (Phi) is 5.44. The number of morpholine rings is 1. The Hall–Kier alpha value is -2.44. The number of piperidine rings is 1. The van der Waals surface area contributed by atoms with Gasteiger partial charge >= 0.3 is 0 Å². The largest absolute Gasteiger partial charge is 0.378 e. The van der Waals surface area contributed by atoms with Crippen LogP contribution in [0.1, 0.15) is 30.4 Å². The molecule has 1 aromatic carbocycles. The van der Waals surface area contributed by atoms with Crippen molar-refractivity contribution in [3.05, 3.63) is 59.8 Å². The van der Waals surface area contributed by atoms with E-state index in [9.17, 15) is 4.79 Å². The van der Waals surface area contributed by atoms with E-state index in [1.807, 2.05) is 23.2 Å². The minimum absolute atomic E-state index is 0.0726. The normalized spacial score (nSPS) is 23.3. The van der Waals surface area contributed by atoms with Crippen molar-refractivity contribution in [1.82, 2.24) is 9.88 Å². The number of ether oxygens (including phenoxy) is 2. The minimum atomic E-state index is -0.309. The molecule has 0 radical (unpaired) electrons. The number of aromatic nitrogens is 1. The summed E-state index contributed by atoms with van der Waals surface area (Å²) in [5.41, 5.74) is 2.33. The van der Waals surface area contributed by atoms with Crippen LogP contribution in [0.4, 0.5) is 5.82 Å². The van der Waals surface area contributed by atoms with Crippen molar-refractivity contribution in [2.75, 3.05) is 44.3 Å². The SMILES string of the molecule is O=C(CC1Cc2ccccc2C2(CCN(c3ccccn3)CC2)O1)N1CCOCC1. The average molecular weight is 408 g/mol. The molecule has 30 heavy (non-hydrogen) atoms. The van der Waals surface area contributed by atoms with E-state index < -0.39 is 0 Å². The van der Waals surface area contributed by atoms with Crippen molar-refractivity contribution in [2.24, 2.45) is 0 Å². The lowest BCUT2D eigenvalue weighted by molar-refractivity contribution is -0.151. The van der Waals surface area contributed by atoms with Crippen molar-refractivity contribution < 1.29 is 14.3 Å². The van der Waals surface area contributed by atoms with Crippen LogP contribution in [0.3, 0.4) is 0 Å². The first-order chi connectivity index (χ1) is 14.7. The second-order valence-corrected chi connectivity index (χ2v) is 8.47. The third-order valence-corrected chi connectivity index (χ3v) is 6.66. The molecule has 1 spiro atoms. The molecular formula is C24H29N3O3. The monoisotopic (exact) mass is 407 g/mol. The third-order valence-electron chi connectivity index (χ3n) is 6.66. The lowest BCUT2D eigenvalue weighted by atomic mass is 9.78. The summed E-state index contributed by atoms with van der Waals surface area (Å²) in [5.74, 6) is 1.21. The van der Waals surface area contributed by atoms with Crippen LogP contribution in [-0.4, -0.2) is 61.3 Å². The van der Waals surface area contributed by atoms with Crippen LogP contribution in [0.25, 0.3) is 0 Å². The summed E-state index contributed by atoms with van der Waals surface area (Å²) in [6.45, 7) is 4.43. The highest BCUT2D eigenvalue weighted by molar-refractivity contribution is 5.77. The molecule has 1 amide bonds. The molecular weight excluding hydrogens is 378 g/mol. The number of fused-ring (bicyclic) bond motifs is 2. The summed E-state index contributed by atoms with van der Waals surface area (Å²) < 4.78 is 12.1. The molecule has 0 aliphatic carbocycles. The molecule has 1 aromatic heterocycles. The second-order valence-electron chi connectivity index (χ2n) is 8.47. The molecule has 5 rings (SSSR count). The third kappa shape index (κ3) is 3.82. The Bertz CT molecular complexity index is 874. The summed E-state index contributed by atoms with van der Waals surface area (Å²) in [6, 6.07) is 14.7. The number of rotatable bonds is 3. The molecule has 2 fully saturated rings. The number of carbonyl (C=O) groups excluding carboxylic acids is 1. The first kappa shape index (κ1) is 19.5. The lowest BCUT2D eigenvalue weighted by Gasteiger charge is -2.48. The molecule has 4 heterocycles.